The summed E-state index contributed by atoms with van der Waals surface area (Å²) < 4.78 is 10.5. The number of carbonyl (C=O) groups is 2. The average Bonchev–Trinajstić information content (AvgIpc) is 3.62. The van der Waals surface area contributed by atoms with E-state index in [1.54, 1.807) is 0 Å². The van der Waals surface area contributed by atoms with Crippen LogP contribution in [0.15, 0.2) is 30.4 Å². The molecule has 0 bridgehead atoms. The number of carbonyl (C=O) groups excluding carboxylic acids is 2. The molecule has 1 unspecified atom stereocenters. The van der Waals surface area contributed by atoms with Crippen molar-refractivity contribution in [1.82, 2.24) is 4.90 Å². The Kier molecular flexibility index (Phi) is 6.73. The van der Waals surface area contributed by atoms with Crippen molar-refractivity contribution in [1.29, 1.82) is 0 Å². The van der Waals surface area contributed by atoms with Crippen LogP contribution < -0.4 is 5.32 Å². The average molecular weight is 455 g/mol. The number of anilines is 1. The molecule has 1 aliphatic carbocycles. The molecule has 2 heterocycles. The number of hydrogen-bond donors (Lipinski definition) is 1. The molecular formula is C27H38N2O4. The molecule has 4 rings (SSSR count). The zero-order chi connectivity index (χ0) is 23.8. The maximum absolute atomic E-state index is 12.4. The number of methoxy groups -OCH3 is 1. The van der Waals surface area contributed by atoms with Gasteiger partial charge in [0.1, 0.15) is 5.60 Å². The molecular weight excluding hydrogens is 416 g/mol. The van der Waals surface area contributed by atoms with Crippen molar-refractivity contribution in [2.24, 2.45) is 11.8 Å². The van der Waals surface area contributed by atoms with Gasteiger partial charge in [0, 0.05) is 36.3 Å². The number of rotatable bonds is 5. The second-order valence-corrected chi connectivity index (χ2v) is 10.8. The second-order valence-electron chi connectivity index (χ2n) is 10.8. The molecule has 1 N–H and O–H groups in total. The number of esters is 1. The number of nitrogens with one attached hydrogen (secondary N) is 1. The van der Waals surface area contributed by atoms with Crippen LogP contribution >= 0.6 is 0 Å². The van der Waals surface area contributed by atoms with Crippen LogP contribution in [-0.2, 0) is 20.7 Å². The maximum atomic E-state index is 12.4. The molecule has 1 aromatic carbocycles. The van der Waals surface area contributed by atoms with E-state index >= 15 is 0 Å². The van der Waals surface area contributed by atoms with Crippen molar-refractivity contribution >= 4 is 17.7 Å². The van der Waals surface area contributed by atoms with E-state index in [1.165, 1.54) is 18.4 Å². The number of hydrogen-bond acceptors (Lipinski definition) is 5. The Morgan fingerprint density at radius 3 is 2.42 bits per heavy atom. The van der Waals surface area contributed by atoms with Gasteiger partial charge in [-0.25, -0.2) is 9.59 Å². The lowest BCUT2D eigenvalue weighted by Crippen LogP contribution is -2.45. The summed E-state index contributed by atoms with van der Waals surface area (Å²) >= 11 is 0. The first kappa shape index (κ1) is 23.7. The minimum absolute atomic E-state index is 0.0296. The van der Waals surface area contributed by atoms with Crippen molar-refractivity contribution in [3.63, 3.8) is 0 Å². The predicted octanol–water partition coefficient (Wildman–Crippen LogP) is 5.28. The summed E-state index contributed by atoms with van der Waals surface area (Å²) in [5.74, 6) is 0.727. The number of benzene rings is 1. The van der Waals surface area contributed by atoms with Gasteiger partial charge in [-0.1, -0.05) is 18.7 Å². The lowest BCUT2D eigenvalue weighted by molar-refractivity contribution is -0.136. The second kappa shape index (κ2) is 9.40. The minimum Gasteiger partial charge on any atom is -0.466 e. The van der Waals surface area contributed by atoms with Gasteiger partial charge in [0.2, 0.25) is 0 Å². The molecule has 2 fully saturated rings. The van der Waals surface area contributed by atoms with Gasteiger partial charge < -0.3 is 19.7 Å². The molecule has 2 atom stereocenters. The monoisotopic (exact) mass is 454 g/mol. The Morgan fingerprint density at radius 2 is 1.82 bits per heavy atom. The number of piperidine rings is 1. The zero-order valence-electron chi connectivity index (χ0n) is 20.5. The summed E-state index contributed by atoms with van der Waals surface area (Å²) in [6, 6.07) is 7.00. The summed E-state index contributed by atoms with van der Waals surface area (Å²) in [6.45, 7) is 11.3. The highest BCUT2D eigenvalue weighted by Gasteiger charge is 2.38. The van der Waals surface area contributed by atoms with E-state index < -0.39 is 5.60 Å². The molecule has 1 saturated carbocycles. The normalized spacial score (nSPS) is 22.1. The van der Waals surface area contributed by atoms with Crippen LogP contribution in [0.3, 0.4) is 0 Å². The number of fused-ring (bicyclic) bond motifs is 1. The Labute approximate surface area is 197 Å². The quantitative estimate of drug-likeness (QED) is 0.484. The fraction of sp³-hybridized carbons (Fsp3) is 0.630. The van der Waals surface area contributed by atoms with Crippen molar-refractivity contribution in [3.8, 4) is 0 Å². The molecule has 2 aliphatic heterocycles. The maximum Gasteiger partial charge on any atom is 0.410 e. The molecule has 6 nitrogen and oxygen atoms in total. The van der Waals surface area contributed by atoms with Gasteiger partial charge in [-0.05, 0) is 88.3 Å². The van der Waals surface area contributed by atoms with Crippen LogP contribution in [0, 0.1) is 11.8 Å². The van der Waals surface area contributed by atoms with E-state index in [0.29, 0.717) is 23.5 Å². The molecule has 1 aromatic rings. The van der Waals surface area contributed by atoms with Crippen LogP contribution in [0.5, 0.6) is 0 Å². The Hall–Kier alpha value is -2.50. The van der Waals surface area contributed by atoms with Crippen molar-refractivity contribution < 1.29 is 19.1 Å². The molecule has 33 heavy (non-hydrogen) atoms. The molecule has 1 amide bonds. The number of aryl methyl sites for hydroxylation is 1. The molecule has 0 radical (unpaired) electrons. The third-order valence-electron chi connectivity index (χ3n) is 7.24. The fourth-order valence-corrected chi connectivity index (χ4v) is 5.33. The molecule has 1 saturated heterocycles. The molecule has 6 heteroatoms. The summed E-state index contributed by atoms with van der Waals surface area (Å²) in [7, 11) is 1.42. The van der Waals surface area contributed by atoms with E-state index in [0.717, 1.165) is 57.2 Å². The van der Waals surface area contributed by atoms with E-state index in [2.05, 4.69) is 30.1 Å². The predicted molar refractivity (Wildman–Crippen MR) is 129 cm³/mol. The van der Waals surface area contributed by atoms with Crippen LogP contribution in [0.2, 0.25) is 0 Å². The highest BCUT2D eigenvalue weighted by Crippen LogP contribution is 2.47. The zero-order valence-corrected chi connectivity index (χ0v) is 20.5. The summed E-state index contributed by atoms with van der Waals surface area (Å²) in [5.41, 5.74) is 3.76. The Morgan fingerprint density at radius 1 is 1.12 bits per heavy atom. The molecule has 3 aliphatic rings. The summed E-state index contributed by atoms with van der Waals surface area (Å²) in [6.07, 6.45) is 6.17. The minimum atomic E-state index is -0.461. The van der Waals surface area contributed by atoms with Crippen molar-refractivity contribution in [2.45, 2.75) is 76.9 Å². The number of ether oxygens (including phenoxy) is 2. The van der Waals surface area contributed by atoms with E-state index in [4.69, 9.17) is 9.47 Å². The van der Waals surface area contributed by atoms with Gasteiger partial charge in [0.15, 0.2) is 0 Å². The summed E-state index contributed by atoms with van der Waals surface area (Å²) in [4.78, 5) is 26.4. The number of likely N-dealkylation sites (tertiary alicyclic amines) is 1. The van der Waals surface area contributed by atoms with Crippen LogP contribution in [0.4, 0.5) is 10.5 Å². The highest BCUT2D eigenvalue weighted by molar-refractivity contribution is 5.89. The Balaban J connectivity index is 1.41. The van der Waals surface area contributed by atoms with Gasteiger partial charge >= 0.3 is 12.1 Å². The van der Waals surface area contributed by atoms with Crippen molar-refractivity contribution in [3.05, 3.63) is 41.5 Å². The fourth-order valence-electron chi connectivity index (χ4n) is 5.33. The van der Waals surface area contributed by atoms with Gasteiger partial charge in [-0.3, -0.25) is 0 Å². The van der Waals surface area contributed by atoms with Gasteiger partial charge in [0.05, 0.1) is 7.11 Å². The lowest BCUT2D eigenvalue weighted by atomic mass is 9.82. The van der Waals surface area contributed by atoms with Crippen LogP contribution in [-0.4, -0.2) is 48.8 Å². The standard InChI is InChI=1S/C27H38N2O4/c1-17(25(30)32-5)24(20-7-8-20)21-9-6-18-10-11-22(28-23(18)16-21)19-12-14-29(15-13-19)26(31)33-27(2,3)4/h6,9,16,19-20,22,24,28H,1,7-8,10-15H2,2-5H3/t22?,24-/m0/s1. The lowest BCUT2D eigenvalue weighted by Gasteiger charge is -2.39. The highest BCUT2D eigenvalue weighted by atomic mass is 16.6. The molecule has 180 valence electrons. The first-order valence-electron chi connectivity index (χ1n) is 12.3. The van der Waals surface area contributed by atoms with Crippen molar-refractivity contribution in [2.75, 3.05) is 25.5 Å². The first-order valence-corrected chi connectivity index (χ1v) is 12.3. The number of nitrogens with zero attached hydrogens (tertiary/aromatic N) is 1. The smallest absolute Gasteiger partial charge is 0.410 e. The van der Waals surface area contributed by atoms with Gasteiger partial charge in [-0.15, -0.1) is 0 Å². The van der Waals surface area contributed by atoms with E-state index in [9.17, 15) is 9.59 Å². The third-order valence-corrected chi connectivity index (χ3v) is 7.24. The van der Waals surface area contributed by atoms with E-state index in [1.807, 2.05) is 25.7 Å². The molecule has 0 aromatic heterocycles. The van der Waals surface area contributed by atoms with Crippen LogP contribution in [0.1, 0.15) is 69.9 Å². The van der Waals surface area contributed by atoms with Crippen LogP contribution in [0.25, 0.3) is 0 Å². The number of amides is 1. The van der Waals surface area contributed by atoms with Gasteiger partial charge in [-0.2, -0.15) is 0 Å². The largest absolute Gasteiger partial charge is 0.466 e. The topological polar surface area (TPSA) is 67.9 Å². The summed E-state index contributed by atoms with van der Waals surface area (Å²) in [5, 5.41) is 3.81. The first-order chi connectivity index (χ1) is 15.7. The SMILES string of the molecule is C=C(C(=O)OC)[C@H](c1ccc2c(c1)NC(C1CCN(C(=O)OC(C)(C)C)CC1)CC2)C1CC1. The third kappa shape index (κ3) is 5.53. The molecule has 0 spiro atoms. The van der Waals surface area contributed by atoms with Gasteiger partial charge in [0.25, 0.3) is 0 Å². The Bertz CT molecular complexity index is 907. The van der Waals surface area contributed by atoms with E-state index in [-0.39, 0.29) is 18.0 Å².